The number of esters is 1. The fourth-order valence-electron chi connectivity index (χ4n) is 10.5. The van der Waals surface area contributed by atoms with Crippen molar-refractivity contribution in [1.29, 1.82) is 0 Å². The van der Waals surface area contributed by atoms with Gasteiger partial charge in [-0.2, -0.15) is 0 Å². The molecule has 2 unspecified atom stereocenters. The molecule has 0 aromatic heterocycles. The average Bonchev–Trinajstić information content (AvgIpc) is 3.38. The van der Waals surface area contributed by atoms with Crippen molar-refractivity contribution in [3.63, 3.8) is 0 Å². The van der Waals surface area contributed by atoms with Gasteiger partial charge in [-0.3, -0.25) is 9.59 Å². The number of unbranched alkanes of at least 4 members (excludes halogenated alkanes) is 49. The smallest absolute Gasteiger partial charge is 0.305 e. The summed E-state index contributed by atoms with van der Waals surface area (Å²) < 4.78 is 5.50. The number of carbonyl (C=O) groups excluding carboxylic acids is 2. The second kappa shape index (κ2) is 62.1. The van der Waals surface area contributed by atoms with E-state index >= 15 is 0 Å². The molecule has 0 aliphatic heterocycles. The van der Waals surface area contributed by atoms with Crippen molar-refractivity contribution in [1.82, 2.24) is 5.32 Å². The number of hydrogen-bond acceptors (Lipinski definition) is 5. The fraction of sp³-hybridized carbons (Fsp3) is 0.939. The highest BCUT2D eigenvalue weighted by Gasteiger charge is 2.20. The molecule has 0 aromatic rings. The lowest BCUT2D eigenvalue weighted by molar-refractivity contribution is -0.143. The third kappa shape index (κ3) is 57.9. The monoisotopic (exact) mass is 1020 g/mol. The summed E-state index contributed by atoms with van der Waals surface area (Å²) in [5, 5.41) is 23.3. The van der Waals surface area contributed by atoms with Gasteiger partial charge >= 0.3 is 5.97 Å². The molecule has 2 atom stereocenters. The molecule has 0 fully saturated rings. The Kier molecular flexibility index (Phi) is 60.9. The van der Waals surface area contributed by atoms with Crippen LogP contribution in [0.5, 0.6) is 0 Å². The van der Waals surface area contributed by atoms with Gasteiger partial charge in [0.2, 0.25) is 5.91 Å². The zero-order valence-corrected chi connectivity index (χ0v) is 48.9. The van der Waals surface area contributed by atoms with E-state index in [2.05, 4.69) is 31.3 Å². The van der Waals surface area contributed by atoms with Gasteiger partial charge < -0.3 is 20.3 Å². The summed E-state index contributed by atoms with van der Waals surface area (Å²) in [6.07, 6.45) is 75.2. The van der Waals surface area contributed by atoms with Gasteiger partial charge in [0.15, 0.2) is 0 Å². The van der Waals surface area contributed by atoms with E-state index in [0.29, 0.717) is 25.9 Å². The standard InChI is InChI=1S/C66H129NO5/c1-3-5-7-9-11-13-15-17-19-27-32-36-40-44-48-52-56-60-66(71)72-61-57-53-49-45-41-37-33-29-26-24-22-20-21-23-25-28-31-35-39-43-47-51-55-59-65(70)67-63(62-68)64(69)58-54-50-46-42-38-34-30-18-16-14-12-10-8-6-4-2/h23,25,63-64,68-69H,3-22,24,26-62H2,1-2H3,(H,67,70)/b25-23-. The molecule has 0 saturated carbocycles. The van der Waals surface area contributed by atoms with E-state index in [1.165, 1.54) is 302 Å². The first-order valence-corrected chi connectivity index (χ1v) is 32.9. The highest BCUT2D eigenvalue weighted by atomic mass is 16.5. The van der Waals surface area contributed by atoms with Crippen molar-refractivity contribution in [3.05, 3.63) is 12.2 Å². The SMILES string of the molecule is CCCCCCCCCCCCCCCCCCCC(=O)OCCCCCCCCCCCCCC/C=C\CCCCCCCCCC(=O)NC(CO)C(O)CCCCCCCCCCCCCCCCC. The van der Waals surface area contributed by atoms with Crippen LogP contribution in [0.4, 0.5) is 0 Å². The summed E-state index contributed by atoms with van der Waals surface area (Å²) >= 11 is 0. The summed E-state index contributed by atoms with van der Waals surface area (Å²) in [6.45, 7) is 4.98. The Balaban J connectivity index is 3.38. The Bertz CT molecular complexity index is 1080. The number of rotatable bonds is 62. The number of carbonyl (C=O) groups is 2. The predicted octanol–water partition coefficient (Wildman–Crippen LogP) is 20.8. The maximum absolute atomic E-state index is 12.5. The van der Waals surface area contributed by atoms with Gasteiger partial charge in [-0.15, -0.1) is 0 Å². The minimum absolute atomic E-state index is 0.0163. The highest BCUT2D eigenvalue weighted by molar-refractivity contribution is 5.76. The lowest BCUT2D eigenvalue weighted by Crippen LogP contribution is -2.45. The molecule has 0 bridgehead atoms. The molecule has 6 nitrogen and oxygen atoms in total. The topological polar surface area (TPSA) is 95.9 Å². The Hall–Kier alpha value is -1.40. The van der Waals surface area contributed by atoms with Crippen LogP contribution in [0, 0.1) is 0 Å². The molecule has 0 spiro atoms. The molecule has 72 heavy (non-hydrogen) atoms. The lowest BCUT2D eigenvalue weighted by Gasteiger charge is -2.22. The largest absolute Gasteiger partial charge is 0.466 e. The van der Waals surface area contributed by atoms with Crippen molar-refractivity contribution < 1.29 is 24.5 Å². The van der Waals surface area contributed by atoms with Crippen molar-refractivity contribution in [2.75, 3.05) is 13.2 Å². The number of ether oxygens (including phenoxy) is 1. The molecule has 0 aromatic carbocycles. The van der Waals surface area contributed by atoms with Gasteiger partial charge in [0.1, 0.15) is 0 Å². The number of aliphatic hydroxyl groups is 2. The van der Waals surface area contributed by atoms with Crippen molar-refractivity contribution in [2.24, 2.45) is 0 Å². The fourth-order valence-corrected chi connectivity index (χ4v) is 10.5. The summed E-state index contributed by atoms with van der Waals surface area (Å²) in [4.78, 5) is 24.6. The third-order valence-electron chi connectivity index (χ3n) is 15.6. The Morgan fingerprint density at radius 2 is 0.653 bits per heavy atom. The average molecular weight is 1020 g/mol. The number of allylic oxidation sites excluding steroid dienone is 2. The number of nitrogens with one attached hydrogen (secondary N) is 1. The molecule has 6 heteroatoms. The van der Waals surface area contributed by atoms with Crippen LogP contribution in [-0.4, -0.2) is 47.4 Å². The normalized spacial score (nSPS) is 12.6. The van der Waals surface area contributed by atoms with E-state index in [0.717, 1.165) is 38.5 Å². The number of amides is 1. The molecular weight excluding hydrogens is 887 g/mol. The van der Waals surface area contributed by atoms with Crippen LogP contribution < -0.4 is 5.32 Å². The summed E-state index contributed by atoms with van der Waals surface area (Å²) in [5.41, 5.74) is 0. The van der Waals surface area contributed by atoms with Gasteiger partial charge in [0.25, 0.3) is 0 Å². The first kappa shape index (κ1) is 70.6. The van der Waals surface area contributed by atoms with Crippen molar-refractivity contribution in [2.45, 2.75) is 386 Å². The first-order valence-electron chi connectivity index (χ1n) is 32.9. The number of hydrogen-bond donors (Lipinski definition) is 3. The van der Waals surface area contributed by atoms with Crippen LogP contribution in [0.25, 0.3) is 0 Å². The molecule has 0 heterocycles. The molecule has 0 aliphatic rings. The lowest BCUT2D eigenvalue weighted by atomic mass is 10.0. The Morgan fingerprint density at radius 1 is 0.375 bits per heavy atom. The quantitative estimate of drug-likeness (QED) is 0.0320. The second-order valence-electron chi connectivity index (χ2n) is 22.8. The van der Waals surface area contributed by atoms with E-state index < -0.39 is 12.1 Å². The molecule has 3 N–H and O–H groups in total. The van der Waals surface area contributed by atoms with E-state index in [4.69, 9.17) is 4.74 Å². The van der Waals surface area contributed by atoms with E-state index in [1.807, 2.05) is 0 Å². The summed E-state index contributed by atoms with van der Waals surface area (Å²) in [6, 6.07) is -0.545. The van der Waals surface area contributed by atoms with E-state index in [1.54, 1.807) is 0 Å². The second-order valence-corrected chi connectivity index (χ2v) is 22.8. The van der Waals surface area contributed by atoms with Crippen LogP contribution in [0.3, 0.4) is 0 Å². The minimum atomic E-state index is -0.667. The highest BCUT2D eigenvalue weighted by Crippen LogP contribution is 2.18. The zero-order valence-electron chi connectivity index (χ0n) is 48.9. The molecule has 0 aliphatic carbocycles. The number of aliphatic hydroxyl groups excluding tert-OH is 2. The zero-order chi connectivity index (χ0) is 52.2. The van der Waals surface area contributed by atoms with Crippen molar-refractivity contribution in [3.8, 4) is 0 Å². The summed E-state index contributed by atoms with van der Waals surface area (Å²) in [5.74, 6) is -0.0222. The maximum atomic E-state index is 12.5. The predicted molar refractivity (Wildman–Crippen MR) is 315 cm³/mol. The Morgan fingerprint density at radius 3 is 0.986 bits per heavy atom. The summed E-state index contributed by atoms with van der Waals surface area (Å²) in [7, 11) is 0. The molecule has 1 amide bonds. The van der Waals surface area contributed by atoms with Crippen LogP contribution in [0.1, 0.15) is 373 Å². The van der Waals surface area contributed by atoms with Gasteiger partial charge in [-0.25, -0.2) is 0 Å². The minimum Gasteiger partial charge on any atom is -0.466 e. The first-order chi connectivity index (χ1) is 35.5. The van der Waals surface area contributed by atoms with Crippen LogP contribution in [0.2, 0.25) is 0 Å². The van der Waals surface area contributed by atoms with Gasteiger partial charge in [0.05, 0.1) is 25.4 Å². The van der Waals surface area contributed by atoms with Crippen LogP contribution >= 0.6 is 0 Å². The molecule has 0 saturated heterocycles. The van der Waals surface area contributed by atoms with E-state index in [9.17, 15) is 19.8 Å². The van der Waals surface area contributed by atoms with Gasteiger partial charge in [-0.05, 0) is 51.4 Å². The van der Waals surface area contributed by atoms with E-state index in [-0.39, 0.29) is 18.5 Å². The van der Waals surface area contributed by atoms with Gasteiger partial charge in [-0.1, -0.05) is 321 Å². The molecule has 428 valence electrons. The molecule has 0 radical (unpaired) electrons. The van der Waals surface area contributed by atoms with Crippen LogP contribution in [0.15, 0.2) is 12.2 Å². The van der Waals surface area contributed by atoms with Crippen molar-refractivity contribution >= 4 is 11.9 Å². The molecule has 0 rings (SSSR count). The maximum Gasteiger partial charge on any atom is 0.305 e. The van der Waals surface area contributed by atoms with Gasteiger partial charge in [0, 0.05) is 12.8 Å². The Labute approximate surface area is 450 Å². The molecular formula is C66H129NO5. The van der Waals surface area contributed by atoms with Crippen LogP contribution in [-0.2, 0) is 14.3 Å². The third-order valence-corrected chi connectivity index (χ3v) is 15.6.